The molecule has 0 N–H and O–H groups in total. The Hall–Kier alpha value is -0.650. The van der Waals surface area contributed by atoms with Gasteiger partial charge in [-0.15, -0.1) is 0 Å². The van der Waals surface area contributed by atoms with E-state index < -0.39 is 0 Å². The van der Waals surface area contributed by atoms with E-state index in [0.29, 0.717) is 12.5 Å². The maximum Gasteiger partial charge on any atom is 0.249 e. The Morgan fingerprint density at radius 3 is 2.73 bits per heavy atom. The predicted octanol–water partition coefficient (Wildman–Crippen LogP) is 1.68. The monoisotopic (exact) mass is 308 g/mol. The molecule has 0 radical (unpaired) electrons. The first-order valence-corrected chi connectivity index (χ1v) is 9.09. The van der Waals surface area contributed by atoms with Gasteiger partial charge < -0.3 is 9.64 Å². The summed E-state index contributed by atoms with van der Waals surface area (Å²) in [4.78, 5) is 21.1. The van der Waals surface area contributed by atoms with Gasteiger partial charge in [0.2, 0.25) is 5.91 Å². The Morgan fingerprint density at radius 1 is 1.05 bits per heavy atom. The number of hydroxylamine groups is 2. The minimum atomic E-state index is 0.0962. The van der Waals surface area contributed by atoms with Crippen LogP contribution in [0.25, 0.3) is 0 Å². The van der Waals surface area contributed by atoms with Gasteiger partial charge in [0, 0.05) is 44.6 Å². The van der Waals surface area contributed by atoms with E-state index in [-0.39, 0.29) is 17.9 Å². The van der Waals surface area contributed by atoms with Crippen molar-refractivity contribution in [1.29, 1.82) is 0 Å². The molecule has 1 amide bonds. The van der Waals surface area contributed by atoms with Gasteiger partial charge >= 0.3 is 0 Å². The molecule has 0 bridgehead atoms. The number of amides is 1. The lowest BCUT2D eigenvalue weighted by Crippen LogP contribution is -2.54. The molecule has 0 aromatic carbocycles. The lowest BCUT2D eigenvalue weighted by atomic mass is 9.78. The topological polar surface area (TPSA) is 42.0 Å². The lowest BCUT2D eigenvalue weighted by Gasteiger charge is -2.45. The average molecular weight is 308 g/mol. The number of ether oxygens (including phenoxy) is 1. The van der Waals surface area contributed by atoms with Gasteiger partial charge in [-0.25, -0.2) is 5.06 Å². The summed E-state index contributed by atoms with van der Waals surface area (Å²) in [5.74, 6) is 1.59. The number of fused-ring (bicyclic) bond motifs is 1. The highest BCUT2D eigenvalue weighted by molar-refractivity contribution is 5.78. The second-order valence-corrected chi connectivity index (χ2v) is 7.44. The van der Waals surface area contributed by atoms with Crippen LogP contribution in [0.15, 0.2) is 0 Å². The van der Waals surface area contributed by atoms with E-state index in [4.69, 9.17) is 9.57 Å². The summed E-state index contributed by atoms with van der Waals surface area (Å²) in [7, 11) is 0. The van der Waals surface area contributed by atoms with E-state index in [1.165, 1.54) is 19.4 Å². The molecule has 5 nitrogen and oxygen atoms in total. The van der Waals surface area contributed by atoms with Crippen LogP contribution in [0, 0.1) is 17.8 Å². The first kappa shape index (κ1) is 14.9. The van der Waals surface area contributed by atoms with Crippen LogP contribution >= 0.6 is 0 Å². The lowest BCUT2D eigenvalue weighted by molar-refractivity contribution is -0.209. The van der Waals surface area contributed by atoms with E-state index in [1.807, 2.05) is 0 Å². The third-order valence-electron chi connectivity index (χ3n) is 5.73. The minimum Gasteiger partial charge on any atom is -0.378 e. The van der Waals surface area contributed by atoms with Crippen molar-refractivity contribution in [2.75, 3.05) is 39.4 Å². The fourth-order valence-electron chi connectivity index (χ4n) is 4.28. The molecule has 3 atom stereocenters. The highest BCUT2D eigenvalue weighted by atomic mass is 16.7. The summed E-state index contributed by atoms with van der Waals surface area (Å²) in [5, 5.41) is 1.65. The van der Waals surface area contributed by atoms with Crippen LogP contribution in [0.3, 0.4) is 0 Å². The van der Waals surface area contributed by atoms with Gasteiger partial charge in [0.25, 0.3) is 0 Å². The predicted molar refractivity (Wildman–Crippen MR) is 82.0 cm³/mol. The molecule has 22 heavy (non-hydrogen) atoms. The van der Waals surface area contributed by atoms with Crippen molar-refractivity contribution in [2.45, 2.75) is 44.6 Å². The Balaban J connectivity index is 1.42. The van der Waals surface area contributed by atoms with Crippen molar-refractivity contribution < 1.29 is 14.4 Å². The molecule has 1 saturated carbocycles. The van der Waals surface area contributed by atoms with Crippen LogP contribution in [-0.4, -0.2) is 61.4 Å². The fraction of sp³-hybridized carbons (Fsp3) is 0.941. The summed E-state index contributed by atoms with van der Waals surface area (Å²) >= 11 is 0. The first-order chi connectivity index (χ1) is 10.8. The number of hydrogen-bond donors (Lipinski definition) is 0. The van der Waals surface area contributed by atoms with Crippen LogP contribution < -0.4 is 0 Å². The first-order valence-electron chi connectivity index (χ1n) is 9.09. The molecule has 4 fully saturated rings. The highest BCUT2D eigenvalue weighted by Gasteiger charge is 2.44. The van der Waals surface area contributed by atoms with Crippen LogP contribution in [-0.2, 0) is 14.4 Å². The van der Waals surface area contributed by atoms with Crippen LogP contribution in [0.1, 0.15) is 38.5 Å². The summed E-state index contributed by atoms with van der Waals surface area (Å²) in [6.45, 7) is 5.58. The van der Waals surface area contributed by atoms with Crippen LogP contribution in [0.2, 0.25) is 0 Å². The summed E-state index contributed by atoms with van der Waals surface area (Å²) in [6, 6.07) is 0. The number of likely N-dealkylation sites (tertiary alicyclic amines) is 1. The molecule has 0 unspecified atom stereocenters. The van der Waals surface area contributed by atoms with Crippen molar-refractivity contribution in [3.05, 3.63) is 0 Å². The summed E-state index contributed by atoms with van der Waals surface area (Å²) in [5.41, 5.74) is 0. The molecule has 0 spiro atoms. The van der Waals surface area contributed by atoms with Gasteiger partial charge in [-0.2, -0.15) is 0 Å². The fourth-order valence-corrected chi connectivity index (χ4v) is 4.28. The molecule has 124 valence electrons. The van der Waals surface area contributed by atoms with Crippen molar-refractivity contribution in [1.82, 2.24) is 9.96 Å². The standard InChI is InChI=1S/C17H28N2O3/c20-17(19-7-1-2-9-22-19)14-6-10-21-16-5-8-18(12-15(14)16)11-13-3-4-13/h13-16H,1-12H2/t14-,15-,16-/m1/s1. The van der Waals surface area contributed by atoms with E-state index in [1.54, 1.807) is 5.06 Å². The van der Waals surface area contributed by atoms with Gasteiger partial charge in [-0.1, -0.05) is 0 Å². The Kier molecular flexibility index (Phi) is 4.38. The Morgan fingerprint density at radius 2 is 1.95 bits per heavy atom. The number of rotatable bonds is 3. The van der Waals surface area contributed by atoms with Gasteiger partial charge in [0.15, 0.2) is 0 Å². The molecule has 0 aromatic rings. The van der Waals surface area contributed by atoms with Gasteiger partial charge in [0.1, 0.15) is 0 Å². The quantitative estimate of drug-likeness (QED) is 0.795. The molecular weight excluding hydrogens is 280 g/mol. The zero-order chi connectivity index (χ0) is 14.9. The molecular formula is C17H28N2O3. The molecule has 4 aliphatic rings. The van der Waals surface area contributed by atoms with Crippen LogP contribution in [0.4, 0.5) is 0 Å². The second kappa shape index (κ2) is 6.46. The molecule has 3 saturated heterocycles. The largest absolute Gasteiger partial charge is 0.378 e. The molecule has 4 rings (SSSR count). The van der Waals surface area contributed by atoms with E-state index in [9.17, 15) is 4.79 Å². The number of carbonyl (C=O) groups excluding carboxylic acids is 1. The smallest absolute Gasteiger partial charge is 0.249 e. The third-order valence-corrected chi connectivity index (χ3v) is 5.73. The zero-order valence-electron chi connectivity index (χ0n) is 13.4. The maximum absolute atomic E-state index is 12.9. The molecule has 5 heteroatoms. The number of piperidine rings is 1. The van der Waals surface area contributed by atoms with Gasteiger partial charge in [-0.05, 0) is 44.4 Å². The van der Waals surface area contributed by atoms with E-state index in [0.717, 1.165) is 57.8 Å². The second-order valence-electron chi connectivity index (χ2n) is 7.44. The third kappa shape index (κ3) is 3.17. The molecule has 1 aliphatic carbocycles. The van der Waals surface area contributed by atoms with Crippen molar-refractivity contribution >= 4 is 5.91 Å². The summed E-state index contributed by atoms with van der Waals surface area (Å²) < 4.78 is 5.98. The number of nitrogens with zero attached hydrogens (tertiary/aromatic N) is 2. The minimum absolute atomic E-state index is 0.0962. The van der Waals surface area contributed by atoms with Gasteiger partial charge in [0.05, 0.1) is 12.7 Å². The highest BCUT2D eigenvalue weighted by Crippen LogP contribution is 2.37. The van der Waals surface area contributed by atoms with Gasteiger partial charge in [-0.3, -0.25) is 9.63 Å². The maximum atomic E-state index is 12.9. The normalized spacial score (nSPS) is 36.9. The van der Waals surface area contributed by atoms with Crippen molar-refractivity contribution in [3.63, 3.8) is 0 Å². The van der Waals surface area contributed by atoms with Crippen molar-refractivity contribution in [2.24, 2.45) is 17.8 Å². The van der Waals surface area contributed by atoms with Crippen LogP contribution in [0.5, 0.6) is 0 Å². The summed E-state index contributed by atoms with van der Waals surface area (Å²) in [6.07, 6.45) is 7.15. The van der Waals surface area contributed by atoms with Crippen molar-refractivity contribution in [3.8, 4) is 0 Å². The average Bonchev–Trinajstić information content (AvgIpc) is 3.38. The zero-order valence-corrected chi connectivity index (χ0v) is 13.4. The molecule has 3 aliphatic heterocycles. The Labute approximate surface area is 132 Å². The Bertz CT molecular complexity index is 407. The molecule has 0 aromatic heterocycles. The molecule has 3 heterocycles. The van der Waals surface area contributed by atoms with E-state index in [2.05, 4.69) is 4.90 Å². The number of carbonyl (C=O) groups is 1. The SMILES string of the molecule is O=C([C@@H]1CCO[C@@H]2CCN(CC3CC3)C[C@@H]21)N1CCCCO1. The number of hydrogen-bond acceptors (Lipinski definition) is 4. The van der Waals surface area contributed by atoms with E-state index >= 15 is 0 Å².